The van der Waals surface area contributed by atoms with Crippen molar-refractivity contribution in [2.24, 2.45) is 16.5 Å². The van der Waals surface area contributed by atoms with Gasteiger partial charge in [0, 0.05) is 30.9 Å². The molecule has 2 aromatic rings. The molecule has 0 fully saturated rings. The van der Waals surface area contributed by atoms with E-state index in [1.165, 1.54) is 5.56 Å². The van der Waals surface area contributed by atoms with Gasteiger partial charge in [0.15, 0.2) is 5.96 Å². The van der Waals surface area contributed by atoms with E-state index >= 15 is 0 Å². The standard InChI is InChI=1S/C18H22N6/c1-13-5-7-14(8-6-13)18(20)12-16(19)23-17(24-18)22-11-9-15-4-2-3-10-21-15/h2-8,10,12H,9,11,19-20H2,1H3,(H2,22,23,24). The van der Waals surface area contributed by atoms with Gasteiger partial charge >= 0.3 is 0 Å². The molecule has 0 radical (unpaired) electrons. The molecule has 1 aromatic carbocycles. The predicted octanol–water partition coefficient (Wildman–Crippen LogP) is 1.09. The molecule has 1 aliphatic rings. The van der Waals surface area contributed by atoms with Crippen LogP contribution in [0, 0.1) is 6.92 Å². The number of aryl methyl sites for hydroxylation is 1. The summed E-state index contributed by atoms with van der Waals surface area (Å²) < 4.78 is 0. The van der Waals surface area contributed by atoms with Crippen molar-refractivity contribution in [3.63, 3.8) is 0 Å². The molecule has 0 saturated heterocycles. The van der Waals surface area contributed by atoms with Gasteiger partial charge in [-0.1, -0.05) is 35.9 Å². The van der Waals surface area contributed by atoms with Gasteiger partial charge in [0.1, 0.15) is 11.5 Å². The summed E-state index contributed by atoms with van der Waals surface area (Å²) in [6.45, 7) is 2.63. The number of benzene rings is 1. The summed E-state index contributed by atoms with van der Waals surface area (Å²) in [7, 11) is 0. The van der Waals surface area contributed by atoms with Crippen LogP contribution in [0.2, 0.25) is 0 Å². The quantitative estimate of drug-likeness (QED) is 0.675. The van der Waals surface area contributed by atoms with E-state index in [4.69, 9.17) is 11.5 Å². The lowest BCUT2D eigenvalue weighted by molar-refractivity contribution is 0.491. The highest BCUT2D eigenvalue weighted by Crippen LogP contribution is 2.20. The van der Waals surface area contributed by atoms with Crippen LogP contribution < -0.4 is 22.1 Å². The first kappa shape index (κ1) is 16.0. The molecule has 1 aromatic heterocycles. The minimum atomic E-state index is -0.882. The van der Waals surface area contributed by atoms with Crippen LogP contribution >= 0.6 is 0 Å². The van der Waals surface area contributed by atoms with Crippen molar-refractivity contribution < 1.29 is 0 Å². The third-order valence-corrected chi connectivity index (χ3v) is 3.86. The van der Waals surface area contributed by atoms with Gasteiger partial charge in [-0.15, -0.1) is 0 Å². The first-order valence-corrected chi connectivity index (χ1v) is 7.89. The molecule has 0 spiro atoms. The van der Waals surface area contributed by atoms with Crippen molar-refractivity contribution in [3.05, 3.63) is 77.4 Å². The topological polar surface area (TPSA) is 101 Å². The Morgan fingerprint density at radius 3 is 2.67 bits per heavy atom. The number of nitrogens with two attached hydrogens (primary N) is 2. The Labute approximate surface area is 141 Å². The van der Waals surface area contributed by atoms with Crippen LogP contribution in [0.25, 0.3) is 0 Å². The SMILES string of the molecule is Cc1ccc(C2(N)C=C(N)NC(=NCCc3ccccn3)N2)cc1. The lowest BCUT2D eigenvalue weighted by Gasteiger charge is -2.34. The largest absolute Gasteiger partial charge is 0.385 e. The van der Waals surface area contributed by atoms with Crippen LogP contribution in [0.3, 0.4) is 0 Å². The van der Waals surface area contributed by atoms with Crippen molar-refractivity contribution in [3.8, 4) is 0 Å². The van der Waals surface area contributed by atoms with Gasteiger partial charge in [-0.3, -0.25) is 9.98 Å². The smallest absolute Gasteiger partial charge is 0.198 e. The van der Waals surface area contributed by atoms with Gasteiger partial charge in [0.25, 0.3) is 0 Å². The minimum Gasteiger partial charge on any atom is -0.385 e. The van der Waals surface area contributed by atoms with Crippen LogP contribution in [-0.2, 0) is 12.1 Å². The van der Waals surface area contributed by atoms with Crippen molar-refractivity contribution in [2.75, 3.05) is 6.54 Å². The Hall–Kier alpha value is -2.86. The molecule has 1 atom stereocenters. The Balaban J connectivity index is 1.73. The lowest BCUT2D eigenvalue weighted by atomic mass is 9.97. The van der Waals surface area contributed by atoms with E-state index in [0.29, 0.717) is 18.3 Å². The van der Waals surface area contributed by atoms with Crippen LogP contribution in [0.4, 0.5) is 0 Å². The monoisotopic (exact) mass is 322 g/mol. The molecule has 0 aliphatic carbocycles. The third kappa shape index (κ3) is 3.72. The van der Waals surface area contributed by atoms with E-state index in [-0.39, 0.29) is 0 Å². The van der Waals surface area contributed by atoms with E-state index in [1.54, 1.807) is 12.3 Å². The van der Waals surface area contributed by atoms with Gasteiger partial charge in [-0.05, 0) is 24.6 Å². The molecule has 6 heteroatoms. The number of guanidine groups is 1. The van der Waals surface area contributed by atoms with E-state index < -0.39 is 5.66 Å². The molecule has 0 amide bonds. The van der Waals surface area contributed by atoms with Crippen LogP contribution in [0.5, 0.6) is 0 Å². The second-order valence-electron chi connectivity index (χ2n) is 5.89. The van der Waals surface area contributed by atoms with Crippen LogP contribution in [0.1, 0.15) is 16.8 Å². The van der Waals surface area contributed by atoms with Gasteiger partial charge in [-0.2, -0.15) is 0 Å². The van der Waals surface area contributed by atoms with Gasteiger partial charge in [0.05, 0.1) is 0 Å². The predicted molar refractivity (Wildman–Crippen MR) is 95.8 cm³/mol. The maximum absolute atomic E-state index is 6.49. The summed E-state index contributed by atoms with van der Waals surface area (Å²) in [4.78, 5) is 8.81. The van der Waals surface area contributed by atoms with E-state index in [9.17, 15) is 0 Å². The molecule has 6 N–H and O–H groups in total. The molecular weight excluding hydrogens is 300 g/mol. The maximum Gasteiger partial charge on any atom is 0.198 e. The van der Waals surface area contributed by atoms with Crippen molar-refractivity contribution in [2.45, 2.75) is 19.0 Å². The zero-order chi connectivity index (χ0) is 17.0. The number of rotatable bonds is 4. The highest BCUT2D eigenvalue weighted by molar-refractivity contribution is 5.84. The summed E-state index contributed by atoms with van der Waals surface area (Å²) in [5, 5.41) is 6.24. The molecule has 6 nitrogen and oxygen atoms in total. The van der Waals surface area contributed by atoms with Gasteiger partial charge in [-0.25, -0.2) is 0 Å². The number of nitrogens with zero attached hydrogens (tertiary/aromatic N) is 2. The number of aromatic nitrogens is 1. The minimum absolute atomic E-state index is 0.480. The molecule has 0 bridgehead atoms. The molecule has 24 heavy (non-hydrogen) atoms. The summed E-state index contributed by atoms with van der Waals surface area (Å²) in [6, 6.07) is 13.9. The van der Waals surface area contributed by atoms with Crippen molar-refractivity contribution in [1.82, 2.24) is 15.6 Å². The van der Waals surface area contributed by atoms with E-state index in [2.05, 4.69) is 20.6 Å². The first-order valence-electron chi connectivity index (χ1n) is 7.89. The van der Waals surface area contributed by atoms with Crippen molar-refractivity contribution in [1.29, 1.82) is 0 Å². The summed E-state index contributed by atoms with van der Waals surface area (Å²) in [5.74, 6) is 1.04. The lowest BCUT2D eigenvalue weighted by Crippen LogP contribution is -2.60. The average Bonchev–Trinajstić information content (AvgIpc) is 2.55. The highest BCUT2D eigenvalue weighted by Gasteiger charge is 2.30. The fourth-order valence-corrected chi connectivity index (χ4v) is 2.57. The van der Waals surface area contributed by atoms with Crippen LogP contribution in [0.15, 0.2) is 65.6 Å². The number of nitrogens with one attached hydrogen (secondary N) is 2. The highest BCUT2D eigenvalue weighted by atomic mass is 15.3. The Morgan fingerprint density at radius 1 is 1.17 bits per heavy atom. The normalized spacial score (nSPS) is 21.8. The average molecular weight is 322 g/mol. The van der Waals surface area contributed by atoms with E-state index in [0.717, 1.165) is 17.7 Å². The fraction of sp³-hybridized carbons (Fsp3) is 0.222. The molecule has 1 unspecified atom stereocenters. The molecule has 2 heterocycles. The Morgan fingerprint density at radius 2 is 1.96 bits per heavy atom. The van der Waals surface area contributed by atoms with Gasteiger partial charge < -0.3 is 22.1 Å². The molecule has 0 saturated carbocycles. The molecule has 124 valence electrons. The molecule has 3 rings (SSSR count). The van der Waals surface area contributed by atoms with Gasteiger partial charge in [0.2, 0.25) is 0 Å². The van der Waals surface area contributed by atoms with Crippen LogP contribution in [-0.4, -0.2) is 17.5 Å². The van der Waals surface area contributed by atoms with E-state index in [1.807, 2.05) is 49.4 Å². The Kier molecular flexibility index (Phi) is 4.48. The molecule has 1 aliphatic heterocycles. The third-order valence-electron chi connectivity index (χ3n) is 3.86. The fourth-order valence-electron chi connectivity index (χ4n) is 2.57. The zero-order valence-corrected chi connectivity index (χ0v) is 13.7. The number of hydrogen-bond acceptors (Lipinski definition) is 4. The van der Waals surface area contributed by atoms with Crippen molar-refractivity contribution >= 4 is 5.96 Å². The summed E-state index contributed by atoms with van der Waals surface area (Å²) >= 11 is 0. The number of pyridine rings is 1. The molecular formula is C18H22N6. The zero-order valence-electron chi connectivity index (χ0n) is 13.7. The second-order valence-corrected chi connectivity index (χ2v) is 5.89. The second kappa shape index (κ2) is 6.72. The summed E-state index contributed by atoms with van der Waals surface area (Å²) in [6.07, 6.45) is 4.29. The first-order chi connectivity index (χ1) is 11.5. The number of aliphatic imine (C=N–C) groups is 1. The number of hydrogen-bond donors (Lipinski definition) is 4. The summed E-state index contributed by atoms with van der Waals surface area (Å²) in [5.41, 5.74) is 14.7. The maximum atomic E-state index is 6.49. The Bertz CT molecular complexity index is 751.